The topological polar surface area (TPSA) is 32.3 Å². The third kappa shape index (κ3) is 10.7. The summed E-state index contributed by atoms with van der Waals surface area (Å²) in [6.07, 6.45) is 30.6. The summed E-state index contributed by atoms with van der Waals surface area (Å²) in [6.45, 7) is 7.24. The molecule has 170 valence electrons. The summed E-state index contributed by atoms with van der Waals surface area (Å²) in [6, 6.07) is 0. The molecule has 0 amide bonds. The zero-order valence-corrected chi connectivity index (χ0v) is 19.9. The Kier molecular flexibility index (Phi) is 15.3. The molecule has 0 bridgehead atoms. The number of hydrogen-bond acceptors (Lipinski definition) is 2. The van der Waals surface area contributed by atoms with Crippen molar-refractivity contribution in [1.29, 1.82) is 0 Å². The molecule has 1 heterocycles. The molecule has 0 aliphatic carbocycles. The summed E-state index contributed by atoms with van der Waals surface area (Å²) in [5, 5.41) is 13.7. The van der Waals surface area contributed by atoms with Crippen LogP contribution in [0.1, 0.15) is 124 Å². The average Bonchev–Trinajstić information content (AvgIpc) is 3.14. The first kappa shape index (κ1) is 26.2. The molecule has 29 heavy (non-hydrogen) atoms. The van der Waals surface area contributed by atoms with Gasteiger partial charge in [0.25, 0.3) is 0 Å². The van der Waals surface area contributed by atoms with Gasteiger partial charge >= 0.3 is 0 Å². The molecule has 1 rings (SSSR count). The zero-order chi connectivity index (χ0) is 21.2. The van der Waals surface area contributed by atoms with E-state index in [1.54, 1.807) is 0 Å². The molecule has 0 saturated carbocycles. The molecule has 0 aromatic carbocycles. The fourth-order valence-electron chi connectivity index (χ4n) is 4.66. The zero-order valence-electron chi connectivity index (χ0n) is 19.9. The molecule has 3 nitrogen and oxygen atoms in total. The predicted molar refractivity (Wildman–Crippen MR) is 127 cm³/mol. The Bertz CT molecular complexity index is 432. The Hall–Kier alpha value is -0.800. The van der Waals surface area contributed by atoms with E-state index in [2.05, 4.69) is 37.5 Å². The van der Waals surface area contributed by atoms with Crippen molar-refractivity contribution in [1.82, 2.24) is 5.32 Å². The summed E-state index contributed by atoms with van der Waals surface area (Å²) in [4.78, 5) is 0. The number of aliphatic hydroxyl groups is 1. The van der Waals surface area contributed by atoms with Crippen molar-refractivity contribution >= 4 is 0 Å². The Balaban J connectivity index is 1.85. The highest BCUT2D eigenvalue weighted by Gasteiger charge is 2.40. The van der Waals surface area contributed by atoms with Gasteiger partial charge in [-0.1, -0.05) is 89.7 Å². The summed E-state index contributed by atoms with van der Waals surface area (Å²) < 4.78 is 0.676. The first-order valence-electron chi connectivity index (χ1n) is 12.8. The Labute approximate surface area is 182 Å². The van der Waals surface area contributed by atoms with Crippen LogP contribution in [0.5, 0.6) is 0 Å². The fraction of sp³-hybridized carbons (Fsp3) is 0.846. The predicted octanol–water partition coefficient (Wildman–Crippen LogP) is 7.38. The van der Waals surface area contributed by atoms with E-state index in [0.29, 0.717) is 10.6 Å². The van der Waals surface area contributed by atoms with Crippen molar-refractivity contribution in [3.63, 3.8) is 0 Å². The third-order valence-corrected chi connectivity index (χ3v) is 6.72. The number of allylic oxidation sites excluding steroid dienone is 2. The Morgan fingerprint density at radius 2 is 1.34 bits per heavy atom. The van der Waals surface area contributed by atoms with Crippen molar-refractivity contribution in [3.8, 4) is 0 Å². The van der Waals surface area contributed by atoms with E-state index >= 15 is 0 Å². The SMILES string of the molecule is CC/C=C/CCCCCCCCCCCCCCCC1NC=C[N+]1(CC)C(C)O. The van der Waals surface area contributed by atoms with Gasteiger partial charge in [-0.15, -0.1) is 0 Å². The fourth-order valence-corrected chi connectivity index (χ4v) is 4.66. The van der Waals surface area contributed by atoms with Crippen LogP contribution in [0.3, 0.4) is 0 Å². The van der Waals surface area contributed by atoms with Gasteiger partial charge in [0, 0.05) is 13.3 Å². The van der Waals surface area contributed by atoms with Gasteiger partial charge in [-0.3, -0.25) is 4.48 Å². The first-order valence-corrected chi connectivity index (χ1v) is 12.8. The second-order valence-electron chi connectivity index (χ2n) is 8.99. The van der Waals surface area contributed by atoms with E-state index < -0.39 is 0 Å². The lowest BCUT2D eigenvalue weighted by molar-refractivity contribution is -0.942. The van der Waals surface area contributed by atoms with Crippen LogP contribution in [0.4, 0.5) is 0 Å². The highest BCUT2D eigenvalue weighted by Crippen LogP contribution is 2.26. The average molecular weight is 408 g/mol. The maximum Gasteiger partial charge on any atom is 0.193 e. The molecule has 0 radical (unpaired) electrons. The van der Waals surface area contributed by atoms with Crippen LogP contribution in [-0.4, -0.2) is 28.5 Å². The van der Waals surface area contributed by atoms with Gasteiger partial charge in [-0.25, -0.2) is 0 Å². The van der Waals surface area contributed by atoms with Crippen LogP contribution in [0.25, 0.3) is 0 Å². The molecule has 0 saturated heterocycles. The number of nitrogens with zero attached hydrogens (tertiary/aromatic N) is 1. The largest absolute Gasteiger partial charge is 0.345 e. The van der Waals surface area contributed by atoms with Gasteiger partial charge in [-0.2, -0.15) is 0 Å². The van der Waals surface area contributed by atoms with Gasteiger partial charge in [-0.05, 0) is 32.6 Å². The lowest BCUT2D eigenvalue weighted by atomic mass is 10.0. The standard InChI is InChI=1S/C26H51N2O/c1-4-6-7-8-9-10-11-12-13-14-15-16-17-18-19-20-21-22-26-27-23-24-28(26,5-2)25(3)29/h6-7,23-27,29H,4-5,8-22H2,1-3H3/q+1/b7-6+. The molecule has 2 N–H and O–H groups in total. The minimum atomic E-state index is -0.334. The highest BCUT2D eigenvalue weighted by atomic mass is 16.3. The van der Waals surface area contributed by atoms with Gasteiger partial charge < -0.3 is 10.4 Å². The molecule has 1 aliphatic heterocycles. The van der Waals surface area contributed by atoms with E-state index in [1.165, 1.54) is 96.3 Å². The summed E-state index contributed by atoms with van der Waals surface area (Å²) in [5.41, 5.74) is 0. The van der Waals surface area contributed by atoms with E-state index in [0.717, 1.165) is 13.0 Å². The number of rotatable bonds is 19. The second kappa shape index (κ2) is 16.9. The number of unbranched alkanes of at least 4 members (excludes halogenated alkanes) is 13. The molecule has 0 spiro atoms. The Morgan fingerprint density at radius 1 is 0.828 bits per heavy atom. The lowest BCUT2D eigenvalue weighted by Crippen LogP contribution is -2.57. The smallest absolute Gasteiger partial charge is 0.193 e. The number of quaternary nitrogens is 1. The van der Waals surface area contributed by atoms with Crippen LogP contribution in [0, 0.1) is 0 Å². The number of hydrogen-bond donors (Lipinski definition) is 2. The molecule has 3 heteroatoms. The Morgan fingerprint density at radius 3 is 1.83 bits per heavy atom. The van der Waals surface area contributed by atoms with E-state index in [4.69, 9.17) is 0 Å². The van der Waals surface area contributed by atoms with E-state index in [1.807, 2.05) is 13.1 Å². The number of aliphatic hydroxyl groups excluding tert-OH is 1. The van der Waals surface area contributed by atoms with Crippen molar-refractivity contribution in [2.75, 3.05) is 6.54 Å². The van der Waals surface area contributed by atoms with Crippen molar-refractivity contribution < 1.29 is 9.59 Å². The molecule has 1 aliphatic rings. The van der Waals surface area contributed by atoms with E-state index in [-0.39, 0.29) is 6.23 Å². The maximum atomic E-state index is 10.2. The van der Waals surface area contributed by atoms with Crippen molar-refractivity contribution in [2.45, 2.75) is 136 Å². The highest BCUT2D eigenvalue weighted by molar-refractivity contribution is 4.84. The minimum absolute atomic E-state index is 0.334. The third-order valence-electron chi connectivity index (χ3n) is 6.72. The van der Waals surface area contributed by atoms with Crippen molar-refractivity contribution in [3.05, 3.63) is 24.6 Å². The minimum Gasteiger partial charge on any atom is -0.345 e. The molecule has 0 aromatic heterocycles. The van der Waals surface area contributed by atoms with Crippen molar-refractivity contribution in [2.24, 2.45) is 0 Å². The normalized spacial score (nSPS) is 22.4. The van der Waals surface area contributed by atoms with Gasteiger partial charge in [0.2, 0.25) is 0 Å². The van der Waals surface area contributed by atoms with Gasteiger partial charge in [0.05, 0.1) is 12.7 Å². The molecular formula is C26H51N2O+. The monoisotopic (exact) mass is 407 g/mol. The van der Waals surface area contributed by atoms with Crippen LogP contribution < -0.4 is 5.32 Å². The molecule has 3 atom stereocenters. The van der Waals surface area contributed by atoms with E-state index in [9.17, 15) is 5.11 Å². The first-order chi connectivity index (χ1) is 14.2. The molecular weight excluding hydrogens is 356 g/mol. The number of nitrogens with one attached hydrogen (secondary N) is 1. The van der Waals surface area contributed by atoms with Gasteiger partial charge in [0.1, 0.15) is 6.20 Å². The second-order valence-corrected chi connectivity index (χ2v) is 8.99. The maximum absolute atomic E-state index is 10.2. The van der Waals surface area contributed by atoms with Crippen LogP contribution in [-0.2, 0) is 0 Å². The molecule has 0 fully saturated rings. The quantitative estimate of drug-likeness (QED) is 0.133. The van der Waals surface area contributed by atoms with Crippen LogP contribution in [0.2, 0.25) is 0 Å². The lowest BCUT2D eigenvalue weighted by Gasteiger charge is -2.39. The summed E-state index contributed by atoms with van der Waals surface area (Å²) >= 11 is 0. The molecule has 3 unspecified atom stereocenters. The molecule has 0 aromatic rings. The van der Waals surface area contributed by atoms with Crippen LogP contribution >= 0.6 is 0 Å². The van der Waals surface area contributed by atoms with Gasteiger partial charge in [0.15, 0.2) is 12.4 Å². The summed E-state index contributed by atoms with van der Waals surface area (Å²) in [5.74, 6) is 0. The van der Waals surface area contributed by atoms with Crippen LogP contribution in [0.15, 0.2) is 24.6 Å². The summed E-state index contributed by atoms with van der Waals surface area (Å²) in [7, 11) is 0.